The molecular weight excluding hydrogens is 522 g/mol. The van der Waals surface area contributed by atoms with Crippen molar-refractivity contribution in [3.05, 3.63) is 86.1 Å². The van der Waals surface area contributed by atoms with Gasteiger partial charge in [-0.2, -0.15) is 9.78 Å². The van der Waals surface area contributed by atoms with Crippen LogP contribution in [-0.2, 0) is 11.2 Å². The van der Waals surface area contributed by atoms with E-state index in [9.17, 15) is 9.59 Å². The number of halogens is 1. The Morgan fingerprint density at radius 1 is 1.17 bits per heavy atom. The standard InChI is InChI=1S/C27H28BrN5O3/c1-4-5-6-26-31-24-12-7-20(28)14-23(24)27(35)33(26)30-15-19-13-17(2)32(18(19)3)21-8-10-22(11-9-21)36-16-25(29)34/h7-15H,4-6,16H2,1-3H3,(H2,29,34). The van der Waals surface area contributed by atoms with Crippen LogP contribution in [0.3, 0.4) is 0 Å². The van der Waals surface area contributed by atoms with Gasteiger partial charge in [0.15, 0.2) is 6.61 Å². The summed E-state index contributed by atoms with van der Waals surface area (Å²) in [7, 11) is 0. The Morgan fingerprint density at radius 3 is 2.61 bits per heavy atom. The zero-order valence-electron chi connectivity index (χ0n) is 20.5. The van der Waals surface area contributed by atoms with Crippen LogP contribution in [0.5, 0.6) is 5.75 Å². The van der Waals surface area contributed by atoms with Gasteiger partial charge in [0.1, 0.15) is 11.6 Å². The van der Waals surface area contributed by atoms with Crippen LogP contribution in [0, 0.1) is 13.8 Å². The minimum atomic E-state index is -0.522. The van der Waals surface area contributed by atoms with Gasteiger partial charge in [0.25, 0.3) is 11.5 Å². The molecule has 2 aromatic carbocycles. The third-order valence-corrected chi connectivity index (χ3v) is 6.38. The molecule has 0 bridgehead atoms. The third kappa shape index (κ3) is 5.41. The van der Waals surface area contributed by atoms with Crippen molar-refractivity contribution in [1.29, 1.82) is 0 Å². The number of nitrogens with two attached hydrogens (primary N) is 1. The number of aromatic nitrogens is 3. The van der Waals surface area contributed by atoms with Gasteiger partial charge in [0, 0.05) is 33.5 Å². The smallest absolute Gasteiger partial charge is 0.282 e. The van der Waals surface area contributed by atoms with Crippen molar-refractivity contribution >= 4 is 39.0 Å². The zero-order valence-corrected chi connectivity index (χ0v) is 22.1. The average Bonchev–Trinajstić information content (AvgIpc) is 3.14. The summed E-state index contributed by atoms with van der Waals surface area (Å²) < 4.78 is 9.68. The minimum Gasteiger partial charge on any atom is -0.484 e. The molecule has 0 unspecified atom stereocenters. The Labute approximate surface area is 217 Å². The lowest BCUT2D eigenvalue weighted by Gasteiger charge is -2.11. The molecule has 0 radical (unpaired) electrons. The molecule has 36 heavy (non-hydrogen) atoms. The summed E-state index contributed by atoms with van der Waals surface area (Å²) in [5.74, 6) is 0.691. The van der Waals surface area contributed by atoms with Gasteiger partial charge < -0.3 is 15.0 Å². The number of ether oxygens (including phenoxy) is 1. The topological polar surface area (TPSA) is 104 Å². The molecular formula is C27H28BrN5O3. The van der Waals surface area contributed by atoms with E-state index in [1.54, 1.807) is 24.4 Å². The predicted octanol–water partition coefficient (Wildman–Crippen LogP) is 4.66. The van der Waals surface area contributed by atoms with Crippen molar-refractivity contribution in [1.82, 2.24) is 14.2 Å². The van der Waals surface area contributed by atoms with Gasteiger partial charge in [-0.25, -0.2) is 4.98 Å². The maximum Gasteiger partial charge on any atom is 0.282 e. The zero-order chi connectivity index (χ0) is 25.8. The van der Waals surface area contributed by atoms with Crippen LogP contribution in [0.25, 0.3) is 16.6 Å². The number of carbonyl (C=O) groups is 1. The molecule has 0 aliphatic carbocycles. The van der Waals surface area contributed by atoms with Crippen molar-refractivity contribution in [2.24, 2.45) is 10.8 Å². The van der Waals surface area contributed by atoms with E-state index in [0.29, 0.717) is 28.9 Å². The summed E-state index contributed by atoms with van der Waals surface area (Å²) in [6, 6.07) is 15.0. The molecule has 2 N–H and O–H groups in total. The summed E-state index contributed by atoms with van der Waals surface area (Å²) in [5.41, 5.74) is 9.44. The lowest BCUT2D eigenvalue weighted by Crippen LogP contribution is -2.22. The molecule has 0 saturated carbocycles. The third-order valence-electron chi connectivity index (χ3n) is 5.89. The number of aryl methyl sites for hydroxylation is 2. The molecule has 1 amide bonds. The minimum absolute atomic E-state index is 0.165. The van der Waals surface area contributed by atoms with Crippen LogP contribution in [-0.4, -0.2) is 33.0 Å². The molecule has 0 atom stereocenters. The summed E-state index contributed by atoms with van der Waals surface area (Å²) in [4.78, 5) is 29.0. The summed E-state index contributed by atoms with van der Waals surface area (Å²) in [6.07, 6.45) is 4.28. The Balaban J connectivity index is 1.70. The predicted molar refractivity (Wildman–Crippen MR) is 145 cm³/mol. The molecule has 9 heteroatoms. The monoisotopic (exact) mass is 549 g/mol. The highest BCUT2D eigenvalue weighted by Crippen LogP contribution is 2.22. The number of carbonyl (C=O) groups excluding carboxylic acids is 1. The Hall–Kier alpha value is -3.72. The van der Waals surface area contributed by atoms with Crippen LogP contribution in [0.2, 0.25) is 0 Å². The van der Waals surface area contributed by atoms with Crippen LogP contribution in [0.1, 0.15) is 42.5 Å². The van der Waals surface area contributed by atoms with E-state index in [1.165, 1.54) is 4.68 Å². The van der Waals surface area contributed by atoms with Gasteiger partial charge in [0.05, 0.1) is 17.1 Å². The van der Waals surface area contributed by atoms with Crippen LogP contribution >= 0.6 is 15.9 Å². The van der Waals surface area contributed by atoms with Crippen LogP contribution < -0.4 is 16.0 Å². The molecule has 8 nitrogen and oxygen atoms in total. The SMILES string of the molecule is CCCCc1nc2ccc(Br)cc2c(=O)n1N=Cc1cc(C)n(-c2ccc(OCC(N)=O)cc2)c1C. The molecule has 0 aliphatic rings. The maximum atomic E-state index is 13.3. The van der Waals surface area contributed by atoms with Crippen molar-refractivity contribution < 1.29 is 9.53 Å². The Bertz CT molecular complexity index is 1500. The van der Waals surface area contributed by atoms with E-state index in [1.807, 2.05) is 44.2 Å². The number of benzene rings is 2. The molecule has 2 aromatic heterocycles. The van der Waals surface area contributed by atoms with Crippen LogP contribution in [0.15, 0.2) is 62.9 Å². The fourth-order valence-corrected chi connectivity index (χ4v) is 4.45. The lowest BCUT2D eigenvalue weighted by molar-refractivity contribution is -0.119. The average molecular weight is 550 g/mol. The maximum absolute atomic E-state index is 13.3. The molecule has 4 aromatic rings. The number of hydrogen-bond acceptors (Lipinski definition) is 5. The molecule has 0 aliphatic heterocycles. The quantitative estimate of drug-likeness (QED) is 0.306. The van der Waals surface area contributed by atoms with Crippen molar-refractivity contribution in [2.75, 3.05) is 6.61 Å². The van der Waals surface area contributed by atoms with Gasteiger partial charge in [0.2, 0.25) is 0 Å². The molecule has 4 rings (SSSR count). The second-order valence-electron chi connectivity index (χ2n) is 8.57. The van der Waals surface area contributed by atoms with Gasteiger partial charge >= 0.3 is 0 Å². The van der Waals surface area contributed by atoms with E-state index in [2.05, 4.69) is 32.5 Å². The number of nitrogens with zero attached hydrogens (tertiary/aromatic N) is 4. The highest BCUT2D eigenvalue weighted by Gasteiger charge is 2.13. The van der Waals surface area contributed by atoms with E-state index in [0.717, 1.165) is 40.0 Å². The molecule has 0 spiro atoms. The van der Waals surface area contributed by atoms with Gasteiger partial charge in [-0.05, 0) is 68.8 Å². The largest absolute Gasteiger partial charge is 0.484 e. The van der Waals surface area contributed by atoms with Crippen molar-refractivity contribution in [3.8, 4) is 11.4 Å². The normalized spacial score (nSPS) is 11.4. The molecule has 186 valence electrons. The van der Waals surface area contributed by atoms with Crippen molar-refractivity contribution in [3.63, 3.8) is 0 Å². The first kappa shape index (κ1) is 25.4. The fraction of sp³-hybridized carbons (Fsp3) is 0.259. The first-order chi connectivity index (χ1) is 17.3. The summed E-state index contributed by atoms with van der Waals surface area (Å²) in [5, 5.41) is 5.12. The first-order valence-electron chi connectivity index (χ1n) is 11.7. The highest BCUT2D eigenvalue weighted by atomic mass is 79.9. The number of rotatable bonds is 9. The molecule has 0 fully saturated rings. The second-order valence-corrected chi connectivity index (χ2v) is 9.48. The molecule has 0 saturated heterocycles. The van der Waals surface area contributed by atoms with E-state index >= 15 is 0 Å². The number of fused-ring (bicyclic) bond motifs is 1. The van der Waals surface area contributed by atoms with Crippen molar-refractivity contribution in [2.45, 2.75) is 40.0 Å². The Morgan fingerprint density at radius 2 is 1.92 bits per heavy atom. The van der Waals surface area contributed by atoms with E-state index in [-0.39, 0.29) is 12.2 Å². The van der Waals surface area contributed by atoms with Crippen LogP contribution in [0.4, 0.5) is 0 Å². The molecule has 2 heterocycles. The van der Waals surface area contributed by atoms with Gasteiger partial charge in [-0.3, -0.25) is 9.59 Å². The summed E-state index contributed by atoms with van der Waals surface area (Å²) >= 11 is 3.44. The summed E-state index contributed by atoms with van der Waals surface area (Å²) in [6.45, 7) is 5.95. The highest BCUT2D eigenvalue weighted by molar-refractivity contribution is 9.10. The van der Waals surface area contributed by atoms with Gasteiger partial charge in [-0.15, -0.1) is 0 Å². The number of primary amides is 1. The first-order valence-corrected chi connectivity index (χ1v) is 12.5. The number of amides is 1. The van der Waals surface area contributed by atoms with E-state index < -0.39 is 5.91 Å². The Kier molecular flexibility index (Phi) is 7.69. The number of unbranched alkanes of at least 4 members (excludes halogenated alkanes) is 1. The van der Waals surface area contributed by atoms with Gasteiger partial charge in [-0.1, -0.05) is 29.3 Å². The number of hydrogen-bond donors (Lipinski definition) is 1. The second kappa shape index (κ2) is 10.9. The lowest BCUT2D eigenvalue weighted by atomic mass is 10.2. The van der Waals surface area contributed by atoms with E-state index in [4.69, 9.17) is 15.5 Å². The fourth-order valence-electron chi connectivity index (χ4n) is 4.09.